The predicted octanol–water partition coefficient (Wildman–Crippen LogP) is 3.67. The lowest BCUT2D eigenvalue weighted by molar-refractivity contribution is 0.101. The Morgan fingerprint density at radius 3 is 2.81 bits per heavy atom. The predicted molar refractivity (Wildman–Crippen MR) is 79.0 cm³/mol. The summed E-state index contributed by atoms with van der Waals surface area (Å²) in [5.41, 5.74) is 1.12. The average Bonchev–Trinajstić information content (AvgIpc) is 2.80. The van der Waals surface area contributed by atoms with Crippen molar-refractivity contribution in [3.8, 4) is 17.2 Å². The highest BCUT2D eigenvalue weighted by atomic mass is 35.5. The number of phenolic OH excluding ortho intramolecular Hbond substituents is 1. The lowest BCUT2D eigenvalue weighted by Gasteiger charge is -2.04. The molecule has 1 N–H and O–H groups in total. The maximum Gasteiger partial charge on any atom is 0.232 e. The molecule has 1 aliphatic heterocycles. The van der Waals surface area contributed by atoms with E-state index in [0.29, 0.717) is 27.6 Å². The van der Waals surface area contributed by atoms with Gasteiger partial charge in [-0.05, 0) is 35.9 Å². The number of methoxy groups -OCH3 is 1. The first-order valence-corrected chi connectivity index (χ1v) is 6.57. The van der Waals surface area contributed by atoms with Crippen molar-refractivity contribution in [3.05, 3.63) is 58.3 Å². The van der Waals surface area contributed by atoms with E-state index in [0.717, 1.165) is 0 Å². The van der Waals surface area contributed by atoms with Crippen molar-refractivity contribution in [2.75, 3.05) is 7.11 Å². The van der Waals surface area contributed by atoms with E-state index in [1.54, 1.807) is 36.4 Å². The number of hydrogen-bond acceptors (Lipinski definition) is 4. The quantitative estimate of drug-likeness (QED) is 0.860. The highest BCUT2D eigenvalue weighted by Gasteiger charge is 2.29. The van der Waals surface area contributed by atoms with Crippen molar-refractivity contribution in [2.24, 2.45) is 0 Å². The second kappa shape index (κ2) is 5.14. The van der Waals surface area contributed by atoms with Gasteiger partial charge in [-0.1, -0.05) is 23.7 Å². The topological polar surface area (TPSA) is 55.8 Å². The SMILES string of the molecule is COc1cc(/C=C2\Oc3c(Cl)cccc3C2=O)ccc1O. The van der Waals surface area contributed by atoms with Crippen LogP contribution in [0.5, 0.6) is 17.2 Å². The van der Waals surface area contributed by atoms with Crippen LogP contribution >= 0.6 is 11.6 Å². The minimum absolute atomic E-state index is 0.0321. The third kappa shape index (κ3) is 2.34. The molecular formula is C16H11ClO4. The second-order valence-corrected chi connectivity index (χ2v) is 4.89. The molecule has 0 spiro atoms. The summed E-state index contributed by atoms with van der Waals surface area (Å²) in [5, 5.41) is 9.96. The highest BCUT2D eigenvalue weighted by Crippen LogP contribution is 2.38. The molecule has 0 bridgehead atoms. The molecule has 0 fully saturated rings. The molecule has 0 aromatic heterocycles. The Hall–Kier alpha value is -2.46. The number of ether oxygens (including phenoxy) is 2. The van der Waals surface area contributed by atoms with Crippen LogP contribution < -0.4 is 9.47 Å². The minimum atomic E-state index is -0.223. The minimum Gasteiger partial charge on any atom is -0.504 e. The number of Topliss-reactive ketones (excluding diaryl/α,β-unsaturated/α-hetero) is 1. The fourth-order valence-electron chi connectivity index (χ4n) is 2.11. The summed E-state index contributed by atoms with van der Waals surface area (Å²) >= 11 is 6.01. The summed E-state index contributed by atoms with van der Waals surface area (Å²) in [4.78, 5) is 12.2. The molecule has 0 saturated heterocycles. The summed E-state index contributed by atoms with van der Waals surface area (Å²) in [6, 6.07) is 9.80. The molecule has 21 heavy (non-hydrogen) atoms. The van der Waals surface area contributed by atoms with Crippen LogP contribution in [0.25, 0.3) is 6.08 Å². The van der Waals surface area contributed by atoms with Gasteiger partial charge in [0, 0.05) is 0 Å². The van der Waals surface area contributed by atoms with Crippen LogP contribution in [0.15, 0.2) is 42.2 Å². The van der Waals surface area contributed by atoms with Gasteiger partial charge in [-0.15, -0.1) is 0 Å². The van der Waals surface area contributed by atoms with Crippen molar-refractivity contribution in [3.63, 3.8) is 0 Å². The van der Waals surface area contributed by atoms with Gasteiger partial charge < -0.3 is 14.6 Å². The molecule has 106 valence electrons. The summed E-state index contributed by atoms with van der Waals surface area (Å²) in [5.74, 6) is 0.696. The molecular weight excluding hydrogens is 292 g/mol. The fourth-order valence-corrected chi connectivity index (χ4v) is 2.32. The van der Waals surface area contributed by atoms with Crippen molar-refractivity contribution >= 4 is 23.5 Å². The van der Waals surface area contributed by atoms with Crippen LogP contribution in [-0.4, -0.2) is 18.0 Å². The number of fused-ring (bicyclic) bond motifs is 1. The third-order valence-corrected chi connectivity index (χ3v) is 3.45. The molecule has 3 rings (SSSR count). The lowest BCUT2D eigenvalue weighted by atomic mass is 10.1. The first-order chi connectivity index (χ1) is 10.1. The number of carbonyl (C=O) groups is 1. The normalized spacial score (nSPS) is 15.0. The number of rotatable bonds is 2. The zero-order valence-electron chi connectivity index (χ0n) is 11.1. The Balaban J connectivity index is 2.00. The summed E-state index contributed by atoms with van der Waals surface area (Å²) in [6.45, 7) is 0. The van der Waals surface area contributed by atoms with Crippen molar-refractivity contribution in [1.82, 2.24) is 0 Å². The maximum atomic E-state index is 12.2. The largest absolute Gasteiger partial charge is 0.504 e. The molecule has 0 amide bonds. The van der Waals surface area contributed by atoms with Gasteiger partial charge in [0.2, 0.25) is 5.78 Å². The third-order valence-electron chi connectivity index (χ3n) is 3.15. The zero-order chi connectivity index (χ0) is 15.0. The van der Waals surface area contributed by atoms with Gasteiger partial charge in [-0.25, -0.2) is 0 Å². The van der Waals surface area contributed by atoms with Crippen LogP contribution in [-0.2, 0) is 0 Å². The molecule has 0 radical (unpaired) electrons. The van der Waals surface area contributed by atoms with Gasteiger partial charge in [-0.3, -0.25) is 4.79 Å². The first-order valence-electron chi connectivity index (χ1n) is 6.20. The molecule has 0 atom stereocenters. The Kier molecular flexibility index (Phi) is 3.31. The standard InChI is InChI=1S/C16H11ClO4/c1-20-13-7-9(5-6-12(13)18)8-14-15(19)10-3-2-4-11(17)16(10)21-14/h2-8,18H,1H3/b14-8-. The van der Waals surface area contributed by atoms with E-state index in [-0.39, 0.29) is 17.3 Å². The second-order valence-electron chi connectivity index (χ2n) is 4.49. The number of benzene rings is 2. The Labute approximate surface area is 126 Å². The van der Waals surface area contributed by atoms with Crippen molar-refractivity contribution in [1.29, 1.82) is 0 Å². The maximum absolute atomic E-state index is 12.2. The van der Waals surface area contributed by atoms with Gasteiger partial charge in [-0.2, -0.15) is 0 Å². The Bertz CT molecular complexity index is 765. The van der Waals surface area contributed by atoms with Crippen molar-refractivity contribution < 1.29 is 19.4 Å². The molecule has 2 aromatic carbocycles. The van der Waals surface area contributed by atoms with Gasteiger partial charge in [0.05, 0.1) is 17.7 Å². The number of halogens is 1. The number of aromatic hydroxyl groups is 1. The van der Waals surface area contributed by atoms with E-state index in [1.165, 1.54) is 13.2 Å². The highest BCUT2D eigenvalue weighted by molar-refractivity contribution is 6.33. The molecule has 0 saturated carbocycles. The monoisotopic (exact) mass is 302 g/mol. The van der Waals surface area contributed by atoms with Crippen molar-refractivity contribution in [2.45, 2.75) is 0 Å². The molecule has 1 aliphatic rings. The molecule has 5 heteroatoms. The average molecular weight is 303 g/mol. The molecule has 0 unspecified atom stereocenters. The van der Waals surface area contributed by atoms with E-state index in [2.05, 4.69) is 0 Å². The van der Waals surface area contributed by atoms with Gasteiger partial charge in [0.25, 0.3) is 0 Å². The van der Waals surface area contributed by atoms with Gasteiger partial charge in [0.15, 0.2) is 23.0 Å². The molecule has 0 aliphatic carbocycles. The smallest absolute Gasteiger partial charge is 0.232 e. The van der Waals surface area contributed by atoms with Crippen LogP contribution in [0.2, 0.25) is 5.02 Å². The van der Waals surface area contributed by atoms with Crippen LogP contribution in [0.1, 0.15) is 15.9 Å². The van der Waals surface area contributed by atoms with E-state index in [9.17, 15) is 9.90 Å². The first kappa shape index (κ1) is 13.5. The Morgan fingerprint density at radius 1 is 1.29 bits per heavy atom. The number of carbonyl (C=O) groups excluding carboxylic acids is 1. The van der Waals surface area contributed by atoms with Crippen LogP contribution in [0, 0.1) is 0 Å². The summed E-state index contributed by atoms with van der Waals surface area (Å²) in [7, 11) is 1.46. The summed E-state index contributed by atoms with van der Waals surface area (Å²) < 4.78 is 10.6. The molecule has 1 heterocycles. The number of allylic oxidation sites excluding steroid dienone is 1. The number of ketones is 1. The van der Waals surface area contributed by atoms with Gasteiger partial charge in [0.1, 0.15) is 0 Å². The van der Waals surface area contributed by atoms with Gasteiger partial charge >= 0.3 is 0 Å². The van der Waals surface area contributed by atoms with Crippen LogP contribution in [0.3, 0.4) is 0 Å². The number of hydrogen-bond donors (Lipinski definition) is 1. The van der Waals surface area contributed by atoms with Crippen LogP contribution in [0.4, 0.5) is 0 Å². The van der Waals surface area contributed by atoms with E-state index in [4.69, 9.17) is 21.1 Å². The fraction of sp³-hybridized carbons (Fsp3) is 0.0625. The molecule has 2 aromatic rings. The van der Waals surface area contributed by atoms with E-state index in [1.807, 2.05) is 0 Å². The number of para-hydroxylation sites is 1. The zero-order valence-corrected chi connectivity index (χ0v) is 11.8. The van der Waals surface area contributed by atoms with E-state index >= 15 is 0 Å². The lowest BCUT2D eigenvalue weighted by Crippen LogP contribution is -1.98. The van der Waals surface area contributed by atoms with E-state index < -0.39 is 0 Å². The molecule has 4 nitrogen and oxygen atoms in total. The summed E-state index contributed by atoms with van der Waals surface area (Å²) in [6.07, 6.45) is 1.58. The Morgan fingerprint density at radius 2 is 2.10 bits per heavy atom. The number of phenols is 1.